The summed E-state index contributed by atoms with van der Waals surface area (Å²) in [4.78, 5) is 24.5. The molecule has 28 heavy (non-hydrogen) atoms. The number of nitrogens with one attached hydrogen (secondary N) is 1. The Morgan fingerprint density at radius 1 is 1.14 bits per heavy atom. The molecule has 0 aliphatic rings. The van der Waals surface area contributed by atoms with E-state index in [-0.39, 0.29) is 29.7 Å². The van der Waals surface area contributed by atoms with Gasteiger partial charge in [0, 0.05) is 11.8 Å². The molecule has 0 aliphatic carbocycles. The second kappa shape index (κ2) is 8.69. The number of amides is 1. The first-order valence-electron chi connectivity index (χ1n) is 9.37. The largest absolute Gasteiger partial charge is 0.497 e. The average molecular weight is 379 g/mol. The first kappa shape index (κ1) is 19.6. The van der Waals surface area contributed by atoms with Gasteiger partial charge in [0.2, 0.25) is 11.3 Å². The zero-order valence-electron chi connectivity index (χ0n) is 16.4. The minimum atomic E-state index is -0.115. The Balaban J connectivity index is 1.70. The fraction of sp³-hybridized carbons (Fsp3) is 0.318. The van der Waals surface area contributed by atoms with Gasteiger partial charge in [-0.2, -0.15) is 5.10 Å². The van der Waals surface area contributed by atoms with Crippen LogP contribution in [0.5, 0.6) is 5.75 Å². The van der Waals surface area contributed by atoms with E-state index in [1.807, 2.05) is 42.5 Å². The second-order valence-electron chi connectivity index (χ2n) is 7.06. The summed E-state index contributed by atoms with van der Waals surface area (Å²) in [7, 11) is 1.63. The molecule has 0 unspecified atom stereocenters. The van der Waals surface area contributed by atoms with Crippen molar-refractivity contribution in [2.75, 3.05) is 7.11 Å². The molecule has 1 aromatic heterocycles. The number of benzene rings is 2. The Morgan fingerprint density at radius 3 is 2.54 bits per heavy atom. The minimum Gasteiger partial charge on any atom is -0.497 e. The molecule has 1 atom stereocenters. The smallest absolute Gasteiger partial charge is 0.222 e. The molecule has 2 aromatic carbocycles. The van der Waals surface area contributed by atoms with Crippen LogP contribution in [0.2, 0.25) is 0 Å². The van der Waals surface area contributed by atoms with Crippen LogP contribution in [0.1, 0.15) is 31.9 Å². The van der Waals surface area contributed by atoms with E-state index >= 15 is 0 Å². The van der Waals surface area contributed by atoms with Crippen LogP contribution in [-0.4, -0.2) is 22.8 Å². The maximum Gasteiger partial charge on any atom is 0.222 e. The lowest BCUT2D eigenvalue weighted by Gasteiger charge is -2.23. The van der Waals surface area contributed by atoms with Gasteiger partial charge in [-0.1, -0.05) is 38.1 Å². The van der Waals surface area contributed by atoms with Crippen LogP contribution in [0.15, 0.2) is 59.5 Å². The molecule has 1 amide bonds. The Labute approximate surface area is 164 Å². The van der Waals surface area contributed by atoms with E-state index in [9.17, 15) is 9.59 Å². The summed E-state index contributed by atoms with van der Waals surface area (Å²) in [6.45, 7) is 4.55. The number of hydrogen-bond donors (Lipinski definition) is 1. The molecule has 0 spiro atoms. The Hall–Kier alpha value is -3.15. The number of aromatic nitrogens is 2. The number of aryl methyl sites for hydroxylation is 1. The average Bonchev–Trinajstić information content (AvgIpc) is 2.71. The summed E-state index contributed by atoms with van der Waals surface area (Å²) in [5, 5.41) is 7.91. The normalized spacial score (nSPS) is 12.1. The van der Waals surface area contributed by atoms with Gasteiger partial charge in [-0.3, -0.25) is 14.3 Å². The van der Waals surface area contributed by atoms with Gasteiger partial charge in [-0.05, 0) is 35.7 Å². The van der Waals surface area contributed by atoms with Crippen molar-refractivity contribution in [2.24, 2.45) is 5.92 Å². The highest BCUT2D eigenvalue weighted by Gasteiger charge is 2.18. The standard InChI is InChI=1S/C22H25N3O3/c1-15(2)22(16-8-10-17(28-3)11-9-16)24-21(27)12-13-25-19-7-5-4-6-18(19)20(26)14-23-25/h4-11,14-15,22H,12-13H2,1-3H3,(H,24,27)/t22-/m0/s1. The summed E-state index contributed by atoms with van der Waals surface area (Å²) in [5.74, 6) is 0.969. The van der Waals surface area contributed by atoms with Gasteiger partial charge in [0.05, 0.1) is 31.4 Å². The third kappa shape index (κ3) is 4.39. The number of carbonyl (C=O) groups excluding carboxylic acids is 1. The zero-order chi connectivity index (χ0) is 20.1. The number of para-hydroxylation sites is 1. The van der Waals surface area contributed by atoms with E-state index in [1.54, 1.807) is 17.9 Å². The summed E-state index contributed by atoms with van der Waals surface area (Å²) < 4.78 is 6.90. The van der Waals surface area contributed by atoms with E-state index in [4.69, 9.17) is 4.74 Å². The van der Waals surface area contributed by atoms with Gasteiger partial charge in [0.15, 0.2) is 0 Å². The Bertz CT molecular complexity index is 1010. The van der Waals surface area contributed by atoms with Crippen LogP contribution in [0.3, 0.4) is 0 Å². The van der Waals surface area contributed by atoms with E-state index in [0.717, 1.165) is 16.8 Å². The lowest BCUT2D eigenvalue weighted by atomic mass is 9.96. The molecule has 0 radical (unpaired) electrons. The van der Waals surface area contributed by atoms with Gasteiger partial charge >= 0.3 is 0 Å². The highest BCUT2D eigenvalue weighted by atomic mass is 16.5. The molecule has 6 heteroatoms. The van der Waals surface area contributed by atoms with Crippen molar-refractivity contribution in [3.8, 4) is 5.75 Å². The van der Waals surface area contributed by atoms with Gasteiger partial charge in [-0.15, -0.1) is 0 Å². The number of fused-ring (bicyclic) bond motifs is 1. The molecule has 0 aliphatic heterocycles. The number of carbonyl (C=O) groups is 1. The second-order valence-corrected chi connectivity index (χ2v) is 7.06. The van der Waals surface area contributed by atoms with Crippen molar-refractivity contribution in [1.29, 1.82) is 0 Å². The number of ether oxygens (including phenoxy) is 1. The maximum absolute atomic E-state index is 12.6. The first-order chi connectivity index (χ1) is 13.5. The summed E-state index contributed by atoms with van der Waals surface area (Å²) >= 11 is 0. The van der Waals surface area contributed by atoms with E-state index in [1.165, 1.54) is 6.20 Å². The third-order valence-corrected chi connectivity index (χ3v) is 4.77. The molecule has 1 heterocycles. The van der Waals surface area contributed by atoms with Crippen LogP contribution < -0.4 is 15.5 Å². The lowest BCUT2D eigenvalue weighted by Crippen LogP contribution is -2.32. The number of rotatable bonds is 7. The number of nitrogens with zero attached hydrogens (tertiary/aromatic N) is 2. The number of hydrogen-bond acceptors (Lipinski definition) is 4. The third-order valence-electron chi connectivity index (χ3n) is 4.77. The van der Waals surface area contributed by atoms with Gasteiger partial charge < -0.3 is 10.1 Å². The Morgan fingerprint density at radius 2 is 1.86 bits per heavy atom. The quantitative estimate of drug-likeness (QED) is 0.684. The van der Waals surface area contributed by atoms with Crippen LogP contribution in [0.25, 0.3) is 10.9 Å². The molecule has 146 valence electrons. The monoisotopic (exact) mass is 379 g/mol. The first-order valence-corrected chi connectivity index (χ1v) is 9.37. The van der Waals surface area contributed by atoms with Gasteiger partial charge in [0.1, 0.15) is 5.75 Å². The summed E-state index contributed by atoms with van der Waals surface area (Å²) in [6.07, 6.45) is 1.58. The van der Waals surface area contributed by atoms with E-state index < -0.39 is 0 Å². The SMILES string of the molecule is COc1ccc([C@@H](NC(=O)CCn2ncc(=O)c3ccccc32)C(C)C)cc1. The predicted molar refractivity (Wildman–Crippen MR) is 109 cm³/mol. The van der Waals surface area contributed by atoms with Crippen LogP contribution in [0, 0.1) is 5.92 Å². The van der Waals surface area contributed by atoms with Crippen molar-refractivity contribution in [3.05, 3.63) is 70.5 Å². The fourth-order valence-corrected chi connectivity index (χ4v) is 3.24. The van der Waals surface area contributed by atoms with E-state index in [2.05, 4.69) is 24.3 Å². The molecule has 1 N–H and O–H groups in total. The molecule has 3 aromatic rings. The van der Waals surface area contributed by atoms with Crippen molar-refractivity contribution < 1.29 is 9.53 Å². The molecule has 0 fully saturated rings. The zero-order valence-corrected chi connectivity index (χ0v) is 16.4. The maximum atomic E-state index is 12.6. The summed E-state index contributed by atoms with van der Waals surface area (Å²) in [5.41, 5.74) is 1.66. The highest BCUT2D eigenvalue weighted by Crippen LogP contribution is 2.24. The molecule has 3 rings (SSSR count). The Kier molecular flexibility index (Phi) is 6.09. The molecular formula is C22H25N3O3. The molecular weight excluding hydrogens is 354 g/mol. The van der Waals surface area contributed by atoms with Crippen molar-refractivity contribution >= 4 is 16.8 Å². The predicted octanol–water partition coefficient (Wildman–Crippen LogP) is 3.31. The fourth-order valence-electron chi connectivity index (χ4n) is 3.24. The van der Waals surface area contributed by atoms with E-state index in [0.29, 0.717) is 11.9 Å². The summed E-state index contributed by atoms with van der Waals surface area (Å²) in [6, 6.07) is 14.9. The van der Waals surface area contributed by atoms with Crippen LogP contribution >= 0.6 is 0 Å². The van der Waals surface area contributed by atoms with Crippen molar-refractivity contribution in [3.63, 3.8) is 0 Å². The molecule has 0 bridgehead atoms. The molecule has 0 saturated heterocycles. The minimum absolute atomic E-state index is 0.0564. The van der Waals surface area contributed by atoms with Crippen molar-refractivity contribution in [1.82, 2.24) is 15.1 Å². The molecule has 0 saturated carbocycles. The highest BCUT2D eigenvalue weighted by molar-refractivity contribution is 5.79. The van der Waals surface area contributed by atoms with Crippen molar-refractivity contribution in [2.45, 2.75) is 32.9 Å². The molecule has 6 nitrogen and oxygen atoms in total. The van der Waals surface area contributed by atoms with Crippen LogP contribution in [-0.2, 0) is 11.3 Å². The lowest BCUT2D eigenvalue weighted by molar-refractivity contribution is -0.122. The van der Waals surface area contributed by atoms with Gasteiger partial charge in [-0.25, -0.2) is 0 Å². The van der Waals surface area contributed by atoms with Crippen LogP contribution in [0.4, 0.5) is 0 Å². The number of methoxy groups -OCH3 is 1. The van der Waals surface area contributed by atoms with Gasteiger partial charge in [0.25, 0.3) is 0 Å². The topological polar surface area (TPSA) is 73.2 Å².